The van der Waals surface area contributed by atoms with Crippen molar-refractivity contribution < 1.29 is 4.79 Å². The predicted octanol–water partition coefficient (Wildman–Crippen LogP) is 3.41. The molecule has 0 unspecified atom stereocenters. The monoisotopic (exact) mass is 310 g/mol. The summed E-state index contributed by atoms with van der Waals surface area (Å²) >= 11 is 3.40. The number of carbonyl (C=O) groups excluding carboxylic acids is 1. The number of carbonyl (C=O) groups is 1. The molecular formula is C14H19BrN2O. The lowest BCUT2D eigenvalue weighted by Gasteiger charge is -2.36. The van der Waals surface area contributed by atoms with Crippen LogP contribution in [0, 0.1) is 12.3 Å². The Balaban J connectivity index is 2.10. The second-order valence-electron chi connectivity index (χ2n) is 5.78. The molecule has 0 aliphatic carbocycles. The fourth-order valence-electron chi connectivity index (χ4n) is 2.13. The molecule has 1 saturated heterocycles. The van der Waals surface area contributed by atoms with Gasteiger partial charge in [0.05, 0.1) is 0 Å². The Labute approximate surface area is 117 Å². The molecule has 0 spiro atoms. The highest BCUT2D eigenvalue weighted by Gasteiger charge is 2.28. The Morgan fingerprint density at radius 3 is 2.56 bits per heavy atom. The summed E-state index contributed by atoms with van der Waals surface area (Å²) in [7, 11) is 0. The summed E-state index contributed by atoms with van der Waals surface area (Å²) in [5.41, 5.74) is 1.96. The third-order valence-electron chi connectivity index (χ3n) is 3.67. The molecule has 4 heteroatoms. The number of piperidine rings is 1. The summed E-state index contributed by atoms with van der Waals surface area (Å²) < 4.78 is 0.943. The van der Waals surface area contributed by atoms with Crippen molar-refractivity contribution in [2.45, 2.75) is 33.6 Å². The topological polar surface area (TPSA) is 33.2 Å². The Kier molecular flexibility index (Phi) is 3.76. The minimum Gasteiger partial charge on any atom is -0.337 e. The van der Waals surface area contributed by atoms with Gasteiger partial charge in [0, 0.05) is 23.8 Å². The molecule has 0 atom stereocenters. The van der Waals surface area contributed by atoms with E-state index in [-0.39, 0.29) is 5.91 Å². The Morgan fingerprint density at radius 1 is 1.39 bits per heavy atom. The molecule has 0 radical (unpaired) electrons. The number of rotatable bonds is 1. The number of aryl methyl sites for hydroxylation is 1. The Morgan fingerprint density at radius 2 is 2.00 bits per heavy atom. The fourth-order valence-corrected chi connectivity index (χ4v) is 2.35. The molecule has 98 valence electrons. The van der Waals surface area contributed by atoms with Gasteiger partial charge in [-0.15, -0.1) is 0 Å². The van der Waals surface area contributed by atoms with E-state index in [2.05, 4.69) is 34.8 Å². The zero-order valence-corrected chi connectivity index (χ0v) is 12.7. The maximum atomic E-state index is 12.3. The molecule has 1 aliphatic rings. The van der Waals surface area contributed by atoms with Gasteiger partial charge in [0.15, 0.2) is 0 Å². The van der Waals surface area contributed by atoms with Crippen molar-refractivity contribution >= 4 is 21.8 Å². The highest BCUT2D eigenvalue weighted by Crippen LogP contribution is 2.30. The summed E-state index contributed by atoms with van der Waals surface area (Å²) in [5.74, 6) is 0.0566. The van der Waals surface area contributed by atoms with E-state index in [1.807, 2.05) is 17.9 Å². The quantitative estimate of drug-likeness (QED) is 0.796. The van der Waals surface area contributed by atoms with Gasteiger partial charge < -0.3 is 4.90 Å². The van der Waals surface area contributed by atoms with Crippen molar-refractivity contribution in [1.82, 2.24) is 9.88 Å². The Hall–Kier alpha value is -0.900. The maximum absolute atomic E-state index is 12.3. The number of likely N-dealkylation sites (tertiary alicyclic amines) is 1. The molecule has 1 amide bonds. The molecule has 0 N–H and O–H groups in total. The number of hydrogen-bond donors (Lipinski definition) is 0. The number of halogens is 1. The first-order valence-corrected chi connectivity index (χ1v) is 7.10. The third-order valence-corrected chi connectivity index (χ3v) is 4.50. The lowest BCUT2D eigenvalue weighted by molar-refractivity contribution is 0.0624. The standard InChI is InChI=1S/C14H19BrN2O/c1-10-8-12(16-9-11(10)15)13(18)17-6-4-14(2,3)5-7-17/h8-9H,4-7H2,1-3H3. The van der Waals surface area contributed by atoms with Gasteiger partial charge in [-0.1, -0.05) is 13.8 Å². The van der Waals surface area contributed by atoms with Crippen molar-refractivity contribution in [1.29, 1.82) is 0 Å². The van der Waals surface area contributed by atoms with Crippen molar-refractivity contribution in [2.75, 3.05) is 13.1 Å². The van der Waals surface area contributed by atoms with Crippen LogP contribution in [-0.4, -0.2) is 28.9 Å². The number of aromatic nitrogens is 1. The lowest BCUT2D eigenvalue weighted by atomic mass is 9.82. The average Bonchev–Trinajstić information content (AvgIpc) is 2.32. The third kappa shape index (κ3) is 2.91. The highest BCUT2D eigenvalue weighted by atomic mass is 79.9. The van der Waals surface area contributed by atoms with Gasteiger partial charge in [0.1, 0.15) is 5.69 Å². The molecule has 1 aromatic heterocycles. The van der Waals surface area contributed by atoms with E-state index in [0.29, 0.717) is 11.1 Å². The van der Waals surface area contributed by atoms with Gasteiger partial charge in [0.25, 0.3) is 5.91 Å². The summed E-state index contributed by atoms with van der Waals surface area (Å²) in [6.45, 7) is 8.17. The molecule has 0 bridgehead atoms. The van der Waals surface area contributed by atoms with Crippen LogP contribution in [0.5, 0.6) is 0 Å². The van der Waals surface area contributed by atoms with Gasteiger partial charge in [-0.25, -0.2) is 4.98 Å². The van der Waals surface area contributed by atoms with Crippen LogP contribution in [0.4, 0.5) is 0 Å². The summed E-state index contributed by atoms with van der Waals surface area (Å²) in [6.07, 6.45) is 3.83. The van der Waals surface area contributed by atoms with Gasteiger partial charge in [0.2, 0.25) is 0 Å². The number of hydrogen-bond acceptors (Lipinski definition) is 2. The van der Waals surface area contributed by atoms with Crippen molar-refractivity contribution in [3.63, 3.8) is 0 Å². The summed E-state index contributed by atoms with van der Waals surface area (Å²) in [5, 5.41) is 0. The second kappa shape index (κ2) is 5.00. The number of pyridine rings is 1. The molecule has 3 nitrogen and oxygen atoms in total. The first kappa shape index (κ1) is 13.5. The van der Waals surface area contributed by atoms with Gasteiger partial charge in [-0.2, -0.15) is 0 Å². The van der Waals surface area contributed by atoms with Crippen molar-refractivity contribution in [3.05, 3.63) is 28.0 Å². The van der Waals surface area contributed by atoms with Crippen LogP contribution in [0.25, 0.3) is 0 Å². The van der Waals surface area contributed by atoms with E-state index >= 15 is 0 Å². The highest BCUT2D eigenvalue weighted by molar-refractivity contribution is 9.10. The predicted molar refractivity (Wildman–Crippen MR) is 75.6 cm³/mol. The zero-order valence-electron chi connectivity index (χ0n) is 11.2. The molecule has 1 fully saturated rings. The van der Waals surface area contributed by atoms with Crippen LogP contribution < -0.4 is 0 Å². The molecule has 18 heavy (non-hydrogen) atoms. The first-order valence-electron chi connectivity index (χ1n) is 6.30. The fraction of sp³-hybridized carbons (Fsp3) is 0.571. The Bertz CT molecular complexity index is 461. The van der Waals surface area contributed by atoms with E-state index in [9.17, 15) is 4.79 Å². The van der Waals surface area contributed by atoms with Crippen molar-refractivity contribution in [2.24, 2.45) is 5.41 Å². The maximum Gasteiger partial charge on any atom is 0.272 e. The van der Waals surface area contributed by atoms with Gasteiger partial charge in [-0.3, -0.25) is 4.79 Å². The van der Waals surface area contributed by atoms with Crippen LogP contribution in [0.3, 0.4) is 0 Å². The minimum absolute atomic E-state index is 0.0566. The average molecular weight is 311 g/mol. The summed E-state index contributed by atoms with van der Waals surface area (Å²) in [4.78, 5) is 18.5. The largest absolute Gasteiger partial charge is 0.337 e. The van der Waals surface area contributed by atoms with Crippen molar-refractivity contribution in [3.8, 4) is 0 Å². The van der Waals surface area contributed by atoms with E-state index in [1.165, 1.54) is 0 Å². The molecule has 2 rings (SSSR count). The molecule has 1 aliphatic heterocycles. The zero-order chi connectivity index (χ0) is 13.3. The van der Waals surface area contributed by atoms with Gasteiger partial charge in [-0.05, 0) is 52.7 Å². The van der Waals surface area contributed by atoms with E-state index in [4.69, 9.17) is 0 Å². The number of amides is 1. The van der Waals surface area contributed by atoms with E-state index < -0.39 is 0 Å². The molecule has 0 saturated carbocycles. The van der Waals surface area contributed by atoms with Crippen LogP contribution in [-0.2, 0) is 0 Å². The molecule has 2 heterocycles. The van der Waals surface area contributed by atoms with Crippen LogP contribution in [0.15, 0.2) is 16.7 Å². The normalized spacial score (nSPS) is 18.8. The van der Waals surface area contributed by atoms with E-state index in [1.54, 1.807) is 6.20 Å². The van der Waals surface area contributed by atoms with Gasteiger partial charge >= 0.3 is 0 Å². The minimum atomic E-state index is 0.0566. The summed E-state index contributed by atoms with van der Waals surface area (Å²) in [6, 6.07) is 1.85. The SMILES string of the molecule is Cc1cc(C(=O)N2CCC(C)(C)CC2)ncc1Br. The smallest absolute Gasteiger partial charge is 0.272 e. The number of nitrogens with zero attached hydrogens (tertiary/aromatic N) is 2. The molecule has 1 aromatic rings. The molecular weight excluding hydrogens is 292 g/mol. The second-order valence-corrected chi connectivity index (χ2v) is 6.63. The first-order chi connectivity index (χ1) is 8.39. The van der Waals surface area contributed by atoms with E-state index in [0.717, 1.165) is 36.0 Å². The lowest BCUT2D eigenvalue weighted by Crippen LogP contribution is -2.41. The van der Waals surface area contributed by atoms with Crippen LogP contribution >= 0.6 is 15.9 Å². The molecule has 0 aromatic carbocycles. The van der Waals surface area contributed by atoms with Crippen LogP contribution in [0.2, 0.25) is 0 Å². The van der Waals surface area contributed by atoms with Crippen LogP contribution in [0.1, 0.15) is 42.7 Å².